The van der Waals surface area contributed by atoms with E-state index in [4.69, 9.17) is 5.79 Å². The van der Waals surface area contributed by atoms with Gasteiger partial charge in [-0.15, -0.1) is 0 Å². The third kappa shape index (κ3) is 0.896. The zero-order valence-electron chi connectivity index (χ0n) is 8.87. The van der Waals surface area contributed by atoms with Crippen LogP contribution in [-0.4, -0.2) is 0 Å². The lowest BCUT2D eigenvalue weighted by molar-refractivity contribution is 0.669. The van der Waals surface area contributed by atoms with Crippen LogP contribution in [0.1, 0.15) is 6.93 Å². The summed E-state index contributed by atoms with van der Waals surface area (Å²) in [5, 5.41) is 2.16. The minimum absolute atomic E-state index is 0.522. The number of fused-ring (bicyclic) bond motifs is 3. The maximum absolute atomic E-state index is 7.62. The van der Waals surface area contributed by atoms with Crippen molar-refractivity contribution in [2.75, 3.05) is 0 Å². The summed E-state index contributed by atoms with van der Waals surface area (Å²) in [5.74, 6) is 0. The summed E-state index contributed by atoms with van der Waals surface area (Å²) in [7, 11) is 0. The highest BCUT2D eigenvalue weighted by atomic mass is 16.3. The molecule has 0 spiro atoms. The Hall–Kier alpha value is -1.76. The zero-order chi connectivity index (χ0) is 10.4. The van der Waals surface area contributed by atoms with E-state index in [2.05, 4.69) is 13.0 Å². The lowest BCUT2D eigenvalue weighted by Gasteiger charge is -1.93. The molecular formula is C13H10O. The van der Waals surface area contributed by atoms with Gasteiger partial charge in [0, 0.05) is 10.8 Å². The lowest BCUT2D eigenvalue weighted by Crippen LogP contribution is -1.72. The van der Waals surface area contributed by atoms with Gasteiger partial charge in [0.2, 0.25) is 0 Å². The van der Waals surface area contributed by atoms with E-state index >= 15 is 0 Å². The molecule has 68 valence electrons. The Balaban J connectivity index is 2.61. The first kappa shape index (κ1) is 6.66. The predicted molar refractivity (Wildman–Crippen MR) is 58.5 cm³/mol. The minimum atomic E-state index is 0.522. The SMILES string of the molecule is [2H]c1ccc2oc3cccc(C)c3c2c1. The van der Waals surface area contributed by atoms with Crippen LogP contribution >= 0.6 is 0 Å². The first-order chi connectivity index (χ1) is 7.25. The summed E-state index contributed by atoms with van der Waals surface area (Å²) in [6.45, 7) is 2.06. The molecule has 0 bridgehead atoms. The van der Waals surface area contributed by atoms with Gasteiger partial charge in [0.25, 0.3) is 0 Å². The number of para-hydroxylation sites is 1. The topological polar surface area (TPSA) is 13.1 Å². The normalized spacial score (nSPS) is 12.2. The van der Waals surface area contributed by atoms with Gasteiger partial charge in [0.1, 0.15) is 11.2 Å². The highest BCUT2D eigenvalue weighted by Crippen LogP contribution is 2.30. The summed E-state index contributed by atoms with van der Waals surface area (Å²) in [5.41, 5.74) is 2.95. The van der Waals surface area contributed by atoms with E-state index in [0.29, 0.717) is 6.04 Å². The molecule has 0 atom stereocenters. The van der Waals surface area contributed by atoms with Crippen LogP contribution in [-0.2, 0) is 0 Å². The van der Waals surface area contributed by atoms with Crippen molar-refractivity contribution in [2.24, 2.45) is 0 Å². The van der Waals surface area contributed by atoms with E-state index < -0.39 is 0 Å². The average Bonchev–Trinajstić information content (AvgIpc) is 2.57. The molecule has 0 radical (unpaired) electrons. The molecule has 14 heavy (non-hydrogen) atoms. The molecule has 0 aliphatic heterocycles. The third-order valence-corrected chi connectivity index (χ3v) is 2.55. The second-order valence-corrected chi connectivity index (χ2v) is 3.47. The number of benzene rings is 2. The minimum Gasteiger partial charge on any atom is -0.456 e. The van der Waals surface area contributed by atoms with Crippen molar-refractivity contribution in [1.29, 1.82) is 0 Å². The fourth-order valence-electron chi connectivity index (χ4n) is 1.89. The van der Waals surface area contributed by atoms with Gasteiger partial charge in [-0.3, -0.25) is 0 Å². The first-order valence-corrected chi connectivity index (χ1v) is 4.64. The Morgan fingerprint density at radius 2 is 1.93 bits per heavy atom. The molecule has 0 unspecified atom stereocenters. The predicted octanol–water partition coefficient (Wildman–Crippen LogP) is 3.89. The summed E-state index contributed by atoms with van der Waals surface area (Å²) < 4.78 is 13.3. The molecular weight excluding hydrogens is 172 g/mol. The van der Waals surface area contributed by atoms with Gasteiger partial charge in [-0.1, -0.05) is 30.3 Å². The van der Waals surface area contributed by atoms with Crippen LogP contribution in [0.25, 0.3) is 21.9 Å². The number of furan rings is 1. The van der Waals surface area contributed by atoms with E-state index in [-0.39, 0.29) is 0 Å². The van der Waals surface area contributed by atoms with Gasteiger partial charge in [0.05, 0.1) is 1.37 Å². The Kier molecular flexibility index (Phi) is 1.24. The second-order valence-electron chi connectivity index (χ2n) is 3.47. The summed E-state index contributed by atoms with van der Waals surface area (Å²) in [6.07, 6.45) is 0. The molecule has 0 aliphatic rings. The number of hydrogen-bond donors (Lipinski definition) is 0. The monoisotopic (exact) mass is 183 g/mol. The molecule has 1 heteroatoms. The smallest absolute Gasteiger partial charge is 0.135 e. The molecule has 0 saturated carbocycles. The summed E-state index contributed by atoms with van der Waals surface area (Å²) in [4.78, 5) is 0. The van der Waals surface area contributed by atoms with Crippen LogP contribution in [0.3, 0.4) is 0 Å². The van der Waals surface area contributed by atoms with E-state index in [0.717, 1.165) is 21.9 Å². The van der Waals surface area contributed by atoms with Gasteiger partial charge < -0.3 is 4.42 Å². The Morgan fingerprint density at radius 3 is 2.86 bits per heavy atom. The van der Waals surface area contributed by atoms with Crippen molar-refractivity contribution in [3.05, 3.63) is 48.0 Å². The number of aryl methyl sites for hydroxylation is 1. The molecule has 1 aromatic heterocycles. The van der Waals surface area contributed by atoms with Crippen LogP contribution in [0.5, 0.6) is 0 Å². The van der Waals surface area contributed by atoms with E-state index in [9.17, 15) is 0 Å². The van der Waals surface area contributed by atoms with Crippen LogP contribution < -0.4 is 0 Å². The summed E-state index contributed by atoms with van der Waals surface area (Å²) >= 11 is 0. The second kappa shape index (κ2) is 2.61. The third-order valence-electron chi connectivity index (χ3n) is 2.55. The standard InChI is InChI=1S/C13H10O/c1-9-5-4-8-12-13(9)10-6-2-3-7-11(10)14-12/h2-8H,1H3/i2D. The Morgan fingerprint density at radius 1 is 1.07 bits per heavy atom. The number of rotatable bonds is 0. The van der Waals surface area contributed by atoms with Crippen LogP contribution in [0.2, 0.25) is 0 Å². The van der Waals surface area contributed by atoms with E-state index in [1.807, 2.05) is 24.3 Å². The fraction of sp³-hybridized carbons (Fsp3) is 0.0769. The zero-order valence-corrected chi connectivity index (χ0v) is 7.87. The molecule has 0 amide bonds. The van der Waals surface area contributed by atoms with Crippen molar-refractivity contribution < 1.29 is 5.79 Å². The van der Waals surface area contributed by atoms with Gasteiger partial charge in [-0.25, -0.2) is 0 Å². The molecule has 3 rings (SSSR count). The van der Waals surface area contributed by atoms with Crippen LogP contribution in [0, 0.1) is 6.92 Å². The van der Waals surface area contributed by atoms with Crippen molar-refractivity contribution in [3.8, 4) is 0 Å². The maximum atomic E-state index is 7.62. The van der Waals surface area contributed by atoms with Gasteiger partial charge in [-0.2, -0.15) is 0 Å². The quantitative estimate of drug-likeness (QED) is 0.515. The fourth-order valence-corrected chi connectivity index (χ4v) is 1.89. The Labute approximate surface area is 83.4 Å². The van der Waals surface area contributed by atoms with Crippen molar-refractivity contribution >= 4 is 21.9 Å². The van der Waals surface area contributed by atoms with Gasteiger partial charge >= 0.3 is 0 Å². The molecule has 0 saturated heterocycles. The highest BCUT2D eigenvalue weighted by Gasteiger charge is 2.06. The molecule has 1 nitrogen and oxygen atoms in total. The van der Waals surface area contributed by atoms with Crippen molar-refractivity contribution in [1.82, 2.24) is 0 Å². The highest BCUT2D eigenvalue weighted by molar-refractivity contribution is 6.06. The first-order valence-electron chi connectivity index (χ1n) is 5.14. The molecule has 0 aliphatic carbocycles. The van der Waals surface area contributed by atoms with Crippen LogP contribution in [0.4, 0.5) is 0 Å². The van der Waals surface area contributed by atoms with E-state index in [1.54, 1.807) is 6.07 Å². The number of hydrogen-bond acceptors (Lipinski definition) is 1. The molecule has 3 aromatic rings. The largest absolute Gasteiger partial charge is 0.456 e. The molecule has 0 fully saturated rings. The molecule has 1 heterocycles. The van der Waals surface area contributed by atoms with E-state index in [1.165, 1.54) is 5.56 Å². The van der Waals surface area contributed by atoms with Gasteiger partial charge in [-0.05, 0) is 24.6 Å². The average molecular weight is 183 g/mol. The van der Waals surface area contributed by atoms with Crippen LogP contribution in [0.15, 0.2) is 46.9 Å². The lowest BCUT2D eigenvalue weighted by atomic mass is 10.1. The maximum Gasteiger partial charge on any atom is 0.135 e. The van der Waals surface area contributed by atoms with Crippen molar-refractivity contribution in [2.45, 2.75) is 6.92 Å². The molecule has 2 aromatic carbocycles. The van der Waals surface area contributed by atoms with Crippen molar-refractivity contribution in [3.63, 3.8) is 0 Å². The summed E-state index contributed by atoms with van der Waals surface area (Å²) in [6, 6.07) is 12.0. The Bertz CT molecular complexity index is 652. The van der Waals surface area contributed by atoms with Gasteiger partial charge in [0.15, 0.2) is 0 Å². The molecule has 0 N–H and O–H groups in total.